The highest BCUT2D eigenvalue weighted by Gasteiger charge is 2.16. The van der Waals surface area contributed by atoms with Crippen molar-refractivity contribution in [2.45, 2.75) is 11.9 Å². The number of rotatable bonds is 6. The third-order valence-electron chi connectivity index (χ3n) is 4.68. The minimum Gasteiger partial charge on any atom is -0.465 e. The van der Waals surface area contributed by atoms with Gasteiger partial charge in [0.05, 0.1) is 30.3 Å². The number of hydrogen-bond acceptors (Lipinski definition) is 6. The lowest BCUT2D eigenvalue weighted by molar-refractivity contribution is -0.113. The third kappa shape index (κ3) is 4.47. The molecule has 162 valence electrons. The summed E-state index contributed by atoms with van der Waals surface area (Å²) >= 11 is 1.29. The number of aromatic nitrogens is 3. The van der Waals surface area contributed by atoms with Gasteiger partial charge in [-0.05, 0) is 42.8 Å². The van der Waals surface area contributed by atoms with Crippen molar-refractivity contribution in [1.29, 1.82) is 0 Å². The number of hydrogen-bond donors (Lipinski definition) is 1. The number of nitrogens with zero attached hydrogens (tertiary/aromatic N) is 3. The second-order valence-corrected chi connectivity index (χ2v) is 7.91. The zero-order valence-corrected chi connectivity index (χ0v) is 18.1. The second kappa shape index (κ2) is 9.19. The lowest BCUT2D eigenvalue weighted by Gasteiger charge is -2.10. The van der Waals surface area contributed by atoms with Crippen LogP contribution < -0.4 is 5.32 Å². The van der Waals surface area contributed by atoms with Crippen molar-refractivity contribution < 1.29 is 18.7 Å². The molecule has 0 aliphatic heterocycles. The van der Waals surface area contributed by atoms with E-state index in [1.165, 1.54) is 31.0 Å². The van der Waals surface area contributed by atoms with E-state index in [2.05, 4.69) is 15.4 Å². The van der Waals surface area contributed by atoms with Crippen LogP contribution in [0.5, 0.6) is 0 Å². The Kier molecular flexibility index (Phi) is 6.18. The number of fused-ring (bicyclic) bond motifs is 1. The van der Waals surface area contributed by atoms with Crippen molar-refractivity contribution in [3.8, 4) is 11.1 Å². The lowest BCUT2D eigenvalue weighted by Crippen LogP contribution is -2.17. The second-order valence-electron chi connectivity index (χ2n) is 6.91. The number of benzene rings is 2. The number of carbonyl (C=O) groups is 2. The third-order valence-corrected chi connectivity index (χ3v) is 5.67. The van der Waals surface area contributed by atoms with Crippen LogP contribution in [0.2, 0.25) is 0 Å². The maximum absolute atomic E-state index is 13.3. The first-order chi connectivity index (χ1) is 15.5. The van der Waals surface area contributed by atoms with Gasteiger partial charge in [0.1, 0.15) is 10.8 Å². The number of thioether (sulfide) groups is 1. The van der Waals surface area contributed by atoms with E-state index in [9.17, 15) is 14.0 Å². The highest BCUT2D eigenvalue weighted by atomic mass is 32.2. The van der Waals surface area contributed by atoms with E-state index in [-0.39, 0.29) is 23.0 Å². The fourth-order valence-corrected chi connectivity index (χ4v) is 4.05. The Morgan fingerprint density at radius 3 is 2.66 bits per heavy atom. The first-order valence-corrected chi connectivity index (χ1v) is 10.7. The van der Waals surface area contributed by atoms with Crippen LogP contribution in [0.3, 0.4) is 0 Å². The topological polar surface area (TPSA) is 85.6 Å². The fraction of sp³-hybridized carbons (Fsp3) is 0.130. The van der Waals surface area contributed by atoms with E-state index in [0.717, 1.165) is 21.8 Å². The maximum Gasteiger partial charge on any atom is 0.339 e. The summed E-state index contributed by atoms with van der Waals surface area (Å²) < 4.78 is 19.7. The molecule has 9 heteroatoms. The molecule has 0 spiro atoms. The fourth-order valence-electron chi connectivity index (χ4n) is 3.19. The average Bonchev–Trinajstić information content (AvgIpc) is 3.21. The summed E-state index contributed by atoms with van der Waals surface area (Å²) in [4.78, 5) is 29.0. The summed E-state index contributed by atoms with van der Waals surface area (Å²) in [6, 6.07) is 14.6. The van der Waals surface area contributed by atoms with Crippen LogP contribution in [-0.2, 0) is 9.53 Å². The number of esters is 1. The molecule has 0 saturated carbocycles. The van der Waals surface area contributed by atoms with E-state index >= 15 is 0 Å². The molecule has 7 nitrogen and oxygen atoms in total. The standard InChI is InChI=1S/C23H19FN4O3S/c1-14-11-21(28-22(26-14)18(12-25-28)15-7-9-16(24)10-8-15)32-13-20(29)27-19-6-4-3-5-17(19)23(30)31-2/h3-12H,13H2,1-2H3,(H,27,29). The highest BCUT2D eigenvalue weighted by Crippen LogP contribution is 2.28. The van der Waals surface area contributed by atoms with Crippen LogP contribution in [-0.4, -0.2) is 39.3 Å². The summed E-state index contributed by atoms with van der Waals surface area (Å²) in [6.45, 7) is 1.86. The molecule has 2 aromatic heterocycles. The maximum atomic E-state index is 13.3. The highest BCUT2D eigenvalue weighted by molar-refractivity contribution is 7.99. The number of aryl methyl sites for hydroxylation is 1. The molecular weight excluding hydrogens is 431 g/mol. The Morgan fingerprint density at radius 1 is 1.16 bits per heavy atom. The van der Waals surface area contributed by atoms with Crippen LogP contribution >= 0.6 is 11.8 Å². The molecule has 32 heavy (non-hydrogen) atoms. The number of halogens is 1. The molecule has 0 aliphatic carbocycles. The zero-order chi connectivity index (χ0) is 22.7. The molecule has 0 unspecified atom stereocenters. The summed E-state index contributed by atoms with van der Waals surface area (Å²) in [6.07, 6.45) is 1.67. The van der Waals surface area contributed by atoms with Gasteiger partial charge in [-0.15, -0.1) is 0 Å². The number of methoxy groups -OCH3 is 1. The quantitative estimate of drug-likeness (QED) is 0.267. The van der Waals surface area contributed by atoms with Gasteiger partial charge in [-0.25, -0.2) is 18.7 Å². The average molecular weight is 450 g/mol. The molecule has 0 aliphatic rings. The monoisotopic (exact) mass is 450 g/mol. The number of nitrogens with one attached hydrogen (secondary N) is 1. The van der Waals surface area contributed by atoms with Crippen LogP contribution in [0.25, 0.3) is 16.8 Å². The summed E-state index contributed by atoms with van der Waals surface area (Å²) in [5, 5.41) is 7.90. The Labute approximate surface area is 187 Å². The van der Waals surface area contributed by atoms with Gasteiger partial charge >= 0.3 is 5.97 Å². The van der Waals surface area contributed by atoms with Gasteiger partial charge in [0, 0.05) is 11.3 Å². The van der Waals surface area contributed by atoms with Gasteiger partial charge in [0.25, 0.3) is 0 Å². The van der Waals surface area contributed by atoms with Gasteiger partial charge < -0.3 is 10.1 Å². The number of carbonyl (C=O) groups excluding carboxylic acids is 2. The summed E-state index contributed by atoms with van der Waals surface area (Å²) in [7, 11) is 1.29. The largest absolute Gasteiger partial charge is 0.465 e. The van der Waals surface area contributed by atoms with E-state index in [4.69, 9.17) is 4.74 Å². The minimum absolute atomic E-state index is 0.0970. The van der Waals surface area contributed by atoms with E-state index < -0.39 is 5.97 Å². The number of ether oxygens (including phenoxy) is 1. The van der Waals surface area contributed by atoms with Crippen molar-refractivity contribution in [1.82, 2.24) is 14.6 Å². The Morgan fingerprint density at radius 2 is 1.91 bits per heavy atom. The number of anilines is 1. The van der Waals surface area contributed by atoms with Crippen LogP contribution in [0.4, 0.5) is 10.1 Å². The molecule has 1 N–H and O–H groups in total. The van der Waals surface area contributed by atoms with Crippen LogP contribution in [0.15, 0.2) is 65.8 Å². The van der Waals surface area contributed by atoms with Gasteiger partial charge in [-0.2, -0.15) is 5.10 Å². The predicted octanol–water partition coefficient (Wildman–Crippen LogP) is 4.36. The molecule has 0 fully saturated rings. The Hall–Kier alpha value is -3.72. The van der Waals surface area contributed by atoms with Gasteiger partial charge in [-0.1, -0.05) is 36.0 Å². The number of amides is 1. The smallest absolute Gasteiger partial charge is 0.339 e. The summed E-state index contributed by atoms with van der Waals surface area (Å²) in [5.74, 6) is -1.02. The molecule has 0 radical (unpaired) electrons. The van der Waals surface area contributed by atoms with Crippen molar-refractivity contribution >= 4 is 35.0 Å². The minimum atomic E-state index is -0.523. The summed E-state index contributed by atoms with van der Waals surface area (Å²) in [5.41, 5.74) is 3.63. The van der Waals surface area contributed by atoms with E-state index in [0.29, 0.717) is 11.3 Å². The van der Waals surface area contributed by atoms with Crippen molar-refractivity contribution in [2.75, 3.05) is 18.2 Å². The van der Waals surface area contributed by atoms with Gasteiger partial charge in [0.15, 0.2) is 5.65 Å². The lowest BCUT2D eigenvalue weighted by atomic mass is 10.1. The molecule has 2 heterocycles. The van der Waals surface area contributed by atoms with Crippen LogP contribution in [0.1, 0.15) is 16.1 Å². The van der Waals surface area contributed by atoms with E-state index in [1.807, 2.05) is 13.0 Å². The zero-order valence-electron chi connectivity index (χ0n) is 17.3. The van der Waals surface area contributed by atoms with Gasteiger partial charge in [0.2, 0.25) is 5.91 Å². The first kappa shape index (κ1) is 21.5. The predicted molar refractivity (Wildman–Crippen MR) is 120 cm³/mol. The van der Waals surface area contributed by atoms with Crippen molar-refractivity contribution in [3.63, 3.8) is 0 Å². The molecule has 4 rings (SSSR count). The van der Waals surface area contributed by atoms with E-state index in [1.54, 1.807) is 47.1 Å². The Balaban J connectivity index is 1.55. The van der Waals surface area contributed by atoms with Crippen LogP contribution in [0, 0.1) is 12.7 Å². The molecular formula is C23H19FN4O3S. The molecule has 0 saturated heterocycles. The number of para-hydroxylation sites is 1. The molecule has 0 bridgehead atoms. The molecule has 2 aromatic carbocycles. The van der Waals surface area contributed by atoms with Crippen molar-refractivity contribution in [2.24, 2.45) is 0 Å². The SMILES string of the molecule is COC(=O)c1ccccc1NC(=O)CSc1cc(C)nc2c(-c3ccc(F)cc3)cnn12. The normalized spacial score (nSPS) is 10.8. The Bertz CT molecular complexity index is 1300. The first-order valence-electron chi connectivity index (χ1n) is 9.67. The molecule has 1 amide bonds. The van der Waals surface area contributed by atoms with Crippen molar-refractivity contribution in [3.05, 3.63) is 77.9 Å². The molecule has 0 atom stereocenters. The van der Waals surface area contributed by atoms with Gasteiger partial charge in [-0.3, -0.25) is 4.79 Å². The molecule has 4 aromatic rings.